The molecule has 0 spiro atoms. The molecule has 0 aromatic heterocycles. The molecular weight excluding hydrogens is 262 g/mol. The smallest absolute Gasteiger partial charge is 0.0594 e. The monoisotopic (exact) mass is 297 g/mol. The summed E-state index contributed by atoms with van der Waals surface area (Å²) >= 11 is 0. The van der Waals surface area contributed by atoms with E-state index < -0.39 is 0 Å². The van der Waals surface area contributed by atoms with Crippen molar-refractivity contribution in [2.75, 3.05) is 53.9 Å². The Labute approximate surface area is 131 Å². The molecule has 1 N–H and O–H groups in total. The number of nitrogens with one attached hydrogen (secondary N) is 1. The van der Waals surface area contributed by atoms with Gasteiger partial charge in [0, 0.05) is 19.1 Å². The molecule has 1 saturated carbocycles. The summed E-state index contributed by atoms with van der Waals surface area (Å²) in [6, 6.07) is 0.786. The lowest BCUT2D eigenvalue weighted by atomic mass is 9.90. The van der Waals surface area contributed by atoms with Crippen LogP contribution in [0.2, 0.25) is 0 Å². The Morgan fingerprint density at radius 2 is 1.76 bits per heavy atom. The van der Waals surface area contributed by atoms with Gasteiger partial charge in [-0.05, 0) is 78.7 Å². The normalized spacial score (nSPS) is 29.1. The minimum absolute atomic E-state index is 0.506. The highest BCUT2D eigenvalue weighted by molar-refractivity contribution is 4.81. The first-order chi connectivity index (χ1) is 10.2. The maximum atomic E-state index is 5.93. The van der Waals surface area contributed by atoms with E-state index in [4.69, 9.17) is 4.74 Å². The zero-order chi connectivity index (χ0) is 15.1. The van der Waals surface area contributed by atoms with Crippen LogP contribution in [-0.2, 0) is 4.74 Å². The van der Waals surface area contributed by atoms with E-state index in [0.29, 0.717) is 6.10 Å². The molecular formula is C17H35N3O. The van der Waals surface area contributed by atoms with E-state index >= 15 is 0 Å². The van der Waals surface area contributed by atoms with Gasteiger partial charge in [-0.1, -0.05) is 0 Å². The molecule has 0 aromatic carbocycles. The molecule has 2 rings (SSSR count). The van der Waals surface area contributed by atoms with Crippen molar-refractivity contribution in [2.45, 2.75) is 50.7 Å². The molecule has 1 saturated heterocycles. The van der Waals surface area contributed by atoms with Gasteiger partial charge in [0.05, 0.1) is 12.7 Å². The number of hydrogen-bond acceptors (Lipinski definition) is 4. The van der Waals surface area contributed by atoms with Gasteiger partial charge in [-0.3, -0.25) is 0 Å². The molecule has 1 aliphatic carbocycles. The van der Waals surface area contributed by atoms with Crippen LogP contribution in [0.25, 0.3) is 0 Å². The van der Waals surface area contributed by atoms with Gasteiger partial charge in [0.1, 0.15) is 0 Å². The molecule has 0 amide bonds. The van der Waals surface area contributed by atoms with Gasteiger partial charge in [0.15, 0.2) is 0 Å². The van der Waals surface area contributed by atoms with E-state index in [1.807, 2.05) is 7.05 Å². The van der Waals surface area contributed by atoms with Gasteiger partial charge in [-0.25, -0.2) is 0 Å². The number of ether oxygens (including phenoxy) is 1. The molecule has 4 nitrogen and oxygen atoms in total. The summed E-state index contributed by atoms with van der Waals surface area (Å²) in [5.41, 5.74) is 0. The van der Waals surface area contributed by atoms with Crippen LogP contribution in [0.4, 0.5) is 0 Å². The molecule has 4 heteroatoms. The summed E-state index contributed by atoms with van der Waals surface area (Å²) in [4.78, 5) is 5.10. The van der Waals surface area contributed by atoms with E-state index in [2.05, 4.69) is 29.2 Å². The van der Waals surface area contributed by atoms with Crippen LogP contribution in [0.1, 0.15) is 38.5 Å². The third-order valence-corrected chi connectivity index (χ3v) is 5.36. The molecule has 2 fully saturated rings. The number of rotatable bonds is 7. The highest BCUT2D eigenvalue weighted by Crippen LogP contribution is 2.26. The molecule has 0 radical (unpaired) electrons. The predicted molar refractivity (Wildman–Crippen MR) is 88.8 cm³/mol. The topological polar surface area (TPSA) is 27.7 Å². The molecule has 0 aromatic rings. The molecule has 0 bridgehead atoms. The van der Waals surface area contributed by atoms with Gasteiger partial charge < -0.3 is 19.9 Å². The molecule has 0 atom stereocenters. The standard InChI is InChI=1S/C17H35N3O/c1-18-10-13-21-17-6-4-16(5-7-17)20(3)14-15-8-11-19(2)12-9-15/h15-18H,4-14H2,1-3H3. The Morgan fingerprint density at radius 3 is 2.38 bits per heavy atom. The fraction of sp³-hybridized carbons (Fsp3) is 1.00. The second-order valence-electron chi connectivity index (χ2n) is 7.09. The molecule has 1 heterocycles. The van der Waals surface area contributed by atoms with E-state index in [1.165, 1.54) is 58.2 Å². The van der Waals surface area contributed by atoms with Gasteiger partial charge >= 0.3 is 0 Å². The van der Waals surface area contributed by atoms with Crippen LogP contribution in [0.15, 0.2) is 0 Å². The van der Waals surface area contributed by atoms with Crippen molar-refractivity contribution in [1.29, 1.82) is 0 Å². The van der Waals surface area contributed by atoms with E-state index in [0.717, 1.165) is 25.1 Å². The maximum Gasteiger partial charge on any atom is 0.0594 e. The first kappa shape index (κ1) is 17.2. The predicted octanol–water partition coefficient (Wildman–Crippen LogP) is 1.81. The Kier molecular flexibility index (Phi) is 7.44. The third-order valence-electron chi connectivity index (χ3n) is 5.36. The molecule has 2 aliphatic rings. The van der Waals surface area contributed by atoms with Crippen molar-refractivity contribution >= 4 is 0 Å². The van der Waals surface area contributed by atoms with Crippen molar-refractivity contribution in [3.63, 3.8) is 0 Å². The third kappa shape index (κ3) is 5.85. The zero-order valence-corrected chi connectivity index (χ0v) is 14.3. The second kappa shape index (κ2) is 9.09. The number of likely N-dealkylation sites (N-methyl/N-ethyl adjacent to an activating group) is 1. The summed E-state index contributed by atoms with van der Waals surface area (Å²) in [6.07, 6.45) is 8.37. The Morgan fingerprint density at radius 1 is 1.10 bits per heavy atom. The first-order valence-corrected chi connectivity index (χ1v) is 8.84. The van der Waals surface area contributed by atoms with Crippen molar-refractivity contribution in [3.05, 3.63) is 0 Å². The molecule has 21 heavy (non-hydrogen) atoms. The van der Waals surface area contributed by atoms with Crippen LogP contribution in [0, 0.1) is 5.92 Å². The molecule has 0 unspecified atom stereocenters. The quantitative estimate of drug-likeness (QED) is 0.725. The number of nitrogens with zero attached hydrogens (tertiary/aromatic N) is 2. The van der Waals surface area contributed by atoms with E-state index in [9.17, 15) is 0 Å². The van der Waals surface area contributed by atoms with Crippen LogP contribution >= 0.6 is 0 Å². The summed E-state index contributed by atoms with van der Waals surface area (Å²) in [7, 11) is 6.57. The Bertz CT molecular complexity index is 271. The first-order valence-electron chi connectivity index (χ1n) is 8.84. The summed E-state index contributed by atoms with van der Waals surface area (Å²) < 4.78 is 5.93. The van der Waals surface area contributed by atoms with E-state index in [-0.39, 0.29) is 0 Å². The Hall–Kier alpha value is -0.160. The van der Waals surface area contributed by atoms with Gasteiger partial charge in [-0.15, -0.1) is 0 Å². The molecule has 1 aliphatic heterocycles. The van der Waals surface area contributed by atoms with Crippen LogP contribution in [0.5, 0.6) is 0 Å². The van der Waals surface area contributed by atoms with Crippen LogP contribution in [0.3, 0.4) is 0 Å². The van der Waals surface area contributed by atoms with E-state index in [1.54, 1.807) is 0 Å². The fourth-order valence-corrected chi connectivity index (χ4v) is 3.78. The summed E-state index contributed by atoms with van der Waals surface area (Å²) in [6.45, 7) is 5.69. The number of piperidine rings is 1. The minimum atomic E-state index is 0.506. The van der Waals surface area contributed by atoms with Crippen molar-refractivity contribution < 1.29 is 4.74 Å². The van der Waals surface area contributed by atoms with Crippen LogP contribution in [-0.4, -0.2) is 75.9 Å². The summed E-state index contributed by atoms with van der Waals surface area (Å²) in [5.74, 6) is 0.913. The lowest BCUT2D eigenvalue weighted by molar-refractivity contribution is 0.00967. The SMILES string of the molecule is CNCCOC1CCC(N(C)CC2CCN(C)CC2)CC1. The zero-order valence-electron chi connectivity index (χ0n) is 14.3. The van der Waals surface area contributed by atoms with Crippen LogP contribution < -0.4 is 5.32 Å². The maximum absolute atomic E-state index is 5.93. The minimum Gasteiger partial charge on any atom is -0.377 e. The highest BCUT2D eigenvalue weighted by Gasteiger charge is 2.26. The van der Waals surface area contributed by atoms with Crippen molar-refractivity contribution in [2.24, 2.45) is 5.92 Å². The fourth-order valence-electron chi connectivity index (χ4n) is 3.78. The van der Waals surface area contributed by atoms with Gasteiger partial charge in [0.25, 0.3) is 0 Å². The Balaban J connectivity index is 1.62. The average Bonchev–Trinajstić information content (AvgIpc) is 2.50. The highest BCUT2D eigenvalue weighted by atomic mass is 16.5. The number of hydrogen-bond donors (Lipinski definition) is 1. The van der Waals surface area contributed by atoms with Crippen molar-refractivity contribution in [3.8, 4) is 0 Å². The van der Waals surface area contributed by atoms with Gasteiger partial charge in [-0.2, -0.15) is 0 Å². The molecule has 124 valence electrons. The van der Waals surface area contributed by atoms with Crippen molar-refractivity contribution in [1.82, 2.24) is 15.1 Å². The largest absolute Gasteiger partial charge is 0.377 e. The number of likely N-dealkylation sites (tertiary alicyclic amines) is 1. The van der Waals surface area contributed by atoms with Gasteiger partial charge in [0.2, 0.25) is 0 Å². The summed E-state index contributed by atoms with van der Waals surface area (Å²) in [5, 5.41) is 3.15. The lowest BCUT2D eigenvalue weighted by Gasteiger charge is -2.38. The lowest BCUT2D eigenvalue weighted by Crippen LogP contribution is -2.42. The second-order valence-corrected chi connectivity index (χ2v) is 7.09. The average molecular weight is 297 g/mol.